The Morgan fingerprint density at radius 1 is 1.14 bits per heavy atom. The van der Waals surface area contributed by atoms with Crippen molar-refractivity contribution in [3.8, 4) is 11.1 Å². The van der Waals surface area contributed by atoms with Crippen LogP contribution < -0.4 is 10.0 Å². The van der Waals surface area contributed by atoms with E-state index < -0.39 is 64.2 Å². The molecule has 6 nitrogen and oxygen atoms in total. The largest absolute Gasteiger partial charge is 0.332 e. The average molecular weight is 518 g/mol. The van der Waals surface area contributed by atoms with Gasteiger partial charge in [0.25, 0.3) is 6.43 Å². The number of carbonyl (C=O) groups excluding carboxylic acids is 1. The zero-order valence-electron chi connectivity index (χ0n) is 18.5. The number of amides is 2. The number of benzene rings is 2. The number of likely N-dealkylation sites (tertiary alicyclic amines) is 1. The van der Waals surface area contributed by atoms with Gasteiger partial charge in [0.15, 0.2) is 0 Å². The predicted octanol–water partition coefficient (Wildman–Crippen LogP) is 3.83. The molecule has 12 heteroatoms. The second kappa shape index (κ2) is 9.73. The van der Waals surface area contributed by atoms with Crippen LogP contribution in [0.4, 0.5) is 26.7 Å². The molecule has 2 aliphatic rings. The summed E-state index contributed by atoms with van der Waals surface area (Å²) in [7, 11) is -4.37. The number of nitrogens with one attached hydrogen (secondary N) is 2. The normalized spacial score (nSPS) is 21.0. The second-order valence-electron chi connectivity index (χ2n) is 8.95. The van der Waals surface area contributed by atoms with Crippen molar-refractivity contribution < 1.29 is 35.2 Å². The molecule has 1 saturated carbocycles. The van der Waals surface area contributed by atoms with E-state index >= 15 is 4.39 Å². The fraction of sp³-hybridized carbons (Fsp3) is 0.435. The molecule has 35 heavy (non-hydrogen) atoms. The SMILES string of the molecule is O=C(NCC(F)F)N1CC2(CC2)[C@H](NS(=O)(=O)CF)[C@@H]1Cc1cc(F)cc(-c2ccccc2)c1F. The predicted molar refractivity (Wildman–Crippen MR) is 119 cm³/mol. The molecule has 1 aliphatic carbocycles. The second-order valence-corrected chi connectivity index (χ2v) is 10.6. The number of urea groups is 1. The maximum Gasteiger partial charge on any atom is 0.317 e. The summed E-state index contributed by atoms with van der Waals surface area (Å²) < 4.78 is 95.0. The Morgan fingerprint density at radius 3 is 2.43 bits per heavy atom. The van der Waals surface area contributed by atoms with Crippen molar-refractivity contribution in [3.05, 3.63) is 59.7 Å². The number of alkyl halides is 3. The third kappa shape index (κ3) is 5.43. The van der Waals surface area contributed by atoms with Gasteiger partial charge >= 0.3 is 6.03 Å². The molecule has 1 aliphatic heterocycles. The molecule has 0 unspecified atom stereocenters. The Hall–Kier alpha value is -2.73. The lowest BCUT2D eigenvalue weighted by molar-refractivity contribution is 0.137. The van der Waals surface area contributed by atoms with Gasteiger partial charge in [0.1, 0.15) is 11.6 Å². The molecule has 0 aromatic heterocycles. The first-order chi connectivity index (χ1) is 16.5. The molecule has 4 rings (SSSR count). The van der Waals surface area contributed by atoms with E-state index in [0.717, 1.165) is 17.0 Å². The molecular formula is C23H24F5N3O3S. The molecule has 1 spiro atoms. The Bertz CT molecular complexity index is 1190. The van der Waals surface area contributed by atoms with Crippen LogP contribution in [0.1, 0.15) is 18.4 Å². The summed E-state index contributed by atoms with van der Waals surface area (Å²) in [5.74, 6) is -1.50. The molecular weight excluding hydrogens is 493 g/mol. The zero-order chi connectivity index (χ0) is 25.4. The molecule has 0 bridgehead atoms. The summed E-state index contributed by atoms with van der Waals surface area (Å²) in [5, 5.41) is 2.08. The maximum atomic E-state index is 15.5. The van der Waals surface area contributed by atoms with Crippen molar-refractivity contribution in [1.82, 2.24) is 14.9 Å². The Kier molecular flexibility index (Phi) is 7.05. The number of hydrogen-bond donors (Lipinski definition) is 2. The minimum Gasteiger partial charge on any atom is -0.332 e. The molecule has 2 amide bonds. The lowest BCUT2D eigenvalue weighted by Gasteiger charge is -2.29. The van der Waals surface area contributed by atoms with Crippen LogP contribution in [0.25, 0.3) is 11.1 Å². The molecule has 1 saturated heterocycles. The van der Waals surface area contributed by atoms with Gasteiger partial charge < -0.3 is 10.2 Å². The molecule has 2 atom stereocenters. The zero-order valence-corrected chi connectivity index (χ0v) is 19.3. The third-order valence-electron chi connectivity index (χ3n) is 6.57. The first-order valence-corrected chi connectivity index (χ1v) is 12.6. The van der Waals surface area contributed by atoms with Gasteiger partial charge in [-0.15, -0.1) is 0 Å². The Balaban J connectivity index is 1.72. The first kappa shape index (κ1) is 25.4. The van der Waals surface area contributed by atoms with Gasteiger partial charge in [-0.05, 0) is 42.5 Å². The van der Waals surface area contributed by atoms with Gasteiger partial charge in [-0.3, -0.25) is 0 Å². The smallest absolute Gasteiger partial charge is 0.317 e. The fourth-order valence-corrected chi connectivity index (χ4v) is 5.62. The van der Waals surface area contributed by atoms with Crippen LogP contribution in [0.15, 0.2) is 42.5 Å². The highest BCUT2D eigenvalue weighted by Gasteiger charge is 2.61. The molecule has 190 valence electrons. The Morgan fingerprint density at radius 2 is 1.83 bits per heavy atom. The highest BCUT2D eigenvalue weighted by Crippen LogP contribution is 2.55. The van der Waals surface area contributed by atoms with Crippen LogP contribution in [0.3, 0.4) is 0 Å². The number of carbonyl (C=O) groups is 1. The molecule has 2 aromatic carbocycles. The van der Waals surface area contributed by atoms with E-state index in [1.807, 2.05) is 0 Å². The summed E-state index contributed by atoms with van der Waals surface area (Å²) in [5.41, 5.74) is -0.463. The standard InChI is InChI=1S/C23H24F5N3O3S/c24-13-35(33,34)30-21-18(31(12-23(21)6-7-23)22(32)29-11-19(26)27)9-15-8-16(25)10-17(20(15)28)14-4-2-1-3-5-14/h1-5,8,10,18-19,21,30H,6-7,9,11-13H2,(H,29,32)/t18-,21+/m0/s1. The number of nitrogens with zero attached hydrogens (tertiary/aromatic N) is 1. The van der Waals surface area contributed by atoms with Crippen LogP contribution >= 0.6 is 0 Å². The van der Waals surface area contributed by atoms with Gasteiger partial charge in [-0.1, -0.05) is 30.3 Å². The topological polar surface area (TPSA) is 78.5 Å². The van der Waals surface area contributed by atoms with Gasteiger partial charge in [-0.25, -0.2) is 39.9 Å². The van der Waals surface area contributed by atoms with Crippen LogP contribution in [-0.2, 0) is 16.4 Å². The van der Waals surface area contributed by atoms with Crippen LogP contribution in [-0.4, -0.2) is 57.0 Å². The number of halogens is 5. The van der Waals surface area contributed by atoms with Crippen molar-refractivity contribution >= 4 is 16.1 Å². The van der Waals surface area contributed by atoms with Crippen LogP contribution in [0.5, 0.6) is 0 Å². The van der Waals surface area contributed by atoms with Gasteiger partial charge in [-0.2, -0.15) is 0 Å². The molecule has 1 heterocycles. The van der Waals surface area contributed by atoms with Gasteiger partial charge in [0.2, 0.25) is 16.0 Å². The lowest BCUT2D eigenvalue weighted by atomic mass is 9.91. The lowest BCUT2D eigenvalue weighted by Crippen LogP contribution is -2.52. The van der Waals surface area contributed by atoms with Crippen molar-refractivity contribution in [3.63, 3.8) is 0 Å². The van der Waals surface area contributed by atoms with Gasteiger partial charge in [0, 0.05) is 23.6 Å². The monoisotopic (exact) mass is 517 g/mol. The molecule has 2 aromatic rings. The van der Waals surface area contributed by atoms with E-state index in [1.54, 1.807) is 30.3 Å². The third-order valence-corrected chi connectivity index (χ3v) is 7.47. The van der Waals surface area contributed by atoms with E-state index in [4.69, 9.17) is 0 Å². The van der Waals surface area contributed by atoms with E-state index in [-0.39, 0.29) is 24.1 Å². The van der Waals surface area contributed by atoms with E-state index in [9.17, 15) is 30.8 Å². The van der Waals surface area contributed by atoms with Crippen LogP contribution in [0.2, 0.25) is 0 Å². The molecule has 2 N–H and O–H groups in total. The summed E-state index contributed by atoms with van der Waals surface area (Å²) in [6, 6.07) is 5.56. The first-order valence-electron chi connectivity index (χ1n) is 11.0. The number of sulfonamides is 1. The van der Waals surface area contributed by atoms with E-state index in [2.05, 4.69) is 10.0 Å². The number of hydrogen-bond acceptors (Lipinski definition) is 3. The summed E-state index contributed by atoms with van der Waals surface area (Å²) in [6.07, 6.45) is -2.12. The van der Waals surface area contributed by atoms with Crippen molar-refractivity contribution in [2.45, 2.75) is 37.8 Å². The van der Waals surface area contributed by atoms with E-state index in [1.165, 1.54) is 0 Å². The average Bonchev–Trinajstić information content (AvgIpc) is 3.55. The molecule has 0 radical (unpaired) electrons. The quantitative estimate of drug-likeness (QED) is 0.523. The van der Waals surface area contributed by atoms with Crippen molar-refractivity contribution in [2.75, 3.05) is 19.1 Å². The number of rotatable bonds is 8. The highest BCUT2D eigenvalue weighted by atomic mass is 32.2. The summed E-state index contributed by atoms with van der Waals surface area (Å²) in [4.78, 5) is 13.9. The highest BCUT2D eigenvalue weighted by molar-refractivity contribution is 7.89. The van der Waals surface area contributed by atoms with Crippen molar-refractivity contribution in [1.29, 1.82) is 0 Å². The van der Waals surface area contributed by atoms with Crippen LogP contribution in [0, 0.1) is 17.0 Å². The van der Waals surface area contributed by atoms with Crippen molar-refractivity contribution in [2.24, 2.45) is 5.41 Å². The molecule has 2 fully saturated rings. The Labute approximate surface area is 199 Å². The summed E-state index contributed by atoms with van der Waals surface area (Å²) in [6.45, 7) is -0.920. The minimum atomic E-state index is -4.37. The fourth-order valence-electron chi connectivity index (χ4n) is 4.76. The summed E-state index contributed by atoms with van der Waals surface area (Å²) >= 11 is 0. The van der Waals surface area contributed by atoms with Gasteiger partial charge in [0.05, 0.1) is 12.6 Å². The van der Waals surface area contributed by atoms with E-state index in [0.29, 0.717) is 18.4 Å². The minimum absolute atomic E-state index is 0.00862. The maximum absolute atomic E-state index is 15.5.